The Morgan fingerprint density at radius 1 is 1.09 bits per heavy atom. The summed E-state index contributed by atoms with van der Waals surface area (Å²) in [6.45, 7) is 8.44. The van der Waals surface area contributed by atoms with Gasteiger partial charge < -0.3 is 10.1 Å². The monoisotopic (exact) mass is 462 g/mol. The Balaban J connectivity index is 1.61. The minimum atomic E-state index is -3.60. The topological polar surface area (TPSA) is 111 Å². The van der Waals surface area contributed by atoms with Crippen LogP contribution in [-0.4, -0.2) is 53.6 Å². The number of carbonyl (C=O) groups excluding carboxylic acids is 2. The summed E-state index contributed by atoms with van der Waals surface area (Å²) < 4.78 is 34.0. The predicted octanol–water partition coefficient (Wildman–Crippen LogP) is 3.07. The van der Waals surface area contributed by atoms with Crippen molar-refractivity contribution in [2.45, 2.75) is 57.6 Å². The summed E-state index contributed by atoms with van der Waals surface area (Å²) >= 11 is 0. The smallest absolute Gasteiger partial charge is 0.338 e. The summed E-state index contributed by atoms with van der Waals surface area (Å²) in [5.74, 6) is -0.168. The van der Waals surface area contributed by atoms with E-state index in [1.807, 2.05) is 13.8 Å². The van der Waals surface area contributed by atoms with E-state index in [-0.39, 0.29) is 16.5 Å². The van der Waals surface area contributed by atoms with Crippen molar-refractivity contribution < 1.29 is 22.7 Å². The third-order valence-corrected chi connectivity index (χ3v) is 7.45. The Morgan fingerprint density at radius 3 is 2.31 bits per heavy atom. The van der Waals surface area contributed by atoms with Crippen molar-refractivity contribution in [3.05, 3.63) is 42.1 Å². The number of aromatic nitrogens is 2. The fourth-order valence-electron chi connectivity index (χ4n) is 3.47. The molecule has 32 heavy (non-hydrogen) atoms. The summed E-state index contributed by atoms with van der Waals surface area (Å²) in [6, 6.07) is 7.32. The Hall–Kier alpha value is -2.72. The van der Waals surface area contributed by atoms with E-state index < -0.39 is 28.0 Å². The van der Waals surface area contributed by atoms with Gasteiger partial charge in [-0.3, -0.25) is 4.79 Å². The molecule has 2 aromatic rings. The summed E-state index contributed by atoms with van der Waals surface area (Å²) in [5.41, 5.74) is 0.170. The molecule has 1 atom stereocenters. The zero-order valence-corrected chi connectivity index (χ0v) is 19.6. The summed E-state index contributed by atoms with van der Waals surface area (Å²) in [5, 5.41) is 6.84. The van der Waals surface area contributed by atoms with E-state index in [9.17, 15) is 18.0 Å². The van der Waals surface area contributed by atoms with Crippen molar-refractivity contribution in [1.82, 2.24) is 14.1 Å². The number of nitrogens with zero attached hydrogens (tertiary/aromatic N) is 3. The molecule has 1 unspecified atom stereocenters. The number of carbonyl (C=O) groups is 2. The number of nitrogens with one attached hydrogen (secondary N) is 1. The minimum absolute atomic E-state index is 0.0567. The molecular weight excluding hydrogens is 432 g/mol. The van der Waals surface area contributed by atoms with Crippen LogP contribution in [0, 0.1) is 5.92 Å². The van der Waals surface area contributed by atoms with E-state index in [1.165, 1.54) is 35.5 Å². The number of esters is 1. The highest BCUT2D eigenvalue weighted by Crippen LogP contribution is 2.24. The van der Waals surface area contributed by atoms with Crippen LogP contribution in [-0.2, 0) is 19.6 Å². The van der Waals surface area contributed by atoms with Gasteiger partial charge in [0.25, 0.3) is 5.91 Å². The van der Waals surface area contributed by atoms with Gasteiger partial charge in [-0.2, -0.15) is 9.40 Å². The fourth-order valence-corrected chi connectivity index (χ4v) is 4.94. The first-order valence-electron chi connectivity index (χ1n) is 10.7. The van der Waals surface area contributed by atoms with Crippen LogP contribution in [0.5, 0.6) is 0 Å². The van der Waals surface area contributed by atoms with Crippen molar-refractivity contribution in [2.24, 2.45) is 5.92 Å². The Kier molecular flexibility index (Phi) is 7.35. The lowest BCUT2D eigenvalue weighted by molar-refractivity contribution is -0.123. The normalized spacial score (nSPS) is 16.7. The molecule has 2 heterocycles. The molecule has 1 aliphatic heterocycles. The van der Waals surface area contributed by atoms with Crippen LogP contribution >= 0.6 is 0 Å². The number of ether oxygens (including phenoxy) is 1. The fraction of sp³-hybridized carbons (Fsp3) is 0.500. The molecule has 3 rings (SSSR count). The first-order chi connectivity index (χ1) is 15.1. The summed E-state index contributed by atoms with van der Waals surface area (Å²) in [4.78, 5) is 25.0. The van der Waals surface area contributed by atoms with Crippen LogP contribution in [0.15, 0.2) is 41.4 Å². The largest absolute Gasteiger partial charge is 0.449 e. The van der Waals surface area contributed by atoms with Crippen molar-refractivity contribution in [3.63, 3.8) is 0 Å². The molecule has 1 amide bonds. The number of anilines is 1. The zero-order chi connectivity index (χ0) is 23.5. The van der Waals surface area contributed by atoms with Gasteiger partial charge in [0, 0.05) is 25.2 Å². The second-order valence-corrected chi connectivity index (χ2v) is 10.3. The lowest BCUT2D eigenvalue weighted by Gasteiger charge is -2.29. The maximum absolute atomic E-state index is 12.8. The van der Waals surface area contributed by atoms with E-state index in [0.717, 1.165) is 12.8 Å². The average Bonchev–Trinajstić information content (AvgIpc) is 3.22. The molecule has 0 bridgehead atoms. The first-order valence-corrected chi connectivity index (χ1v) is 12.2. The van der Waals surface area contributed by atoms with Crippen LogP contribution in [0.25, 0.3) is 0 Å². The highest BCUT2D eigenvalue weighted by molar-refractivity contribution is 7.89. The minimum Gasteiger partial charge on any atom is -0.449 e. The molecule has 1 aromatic carbocycles. The molecule has 10 heteroatoms. The van der Waals surface area contributed by atoms with Gasteiger partial charge in [-0.15, -0.1) is 0 Å². The van der Waals surface area contributed by atoms with Gasteiger partial charge in [0.15, 0.2) is 6.10 Å². The molecule has 1 saturated heterocycles. The average molecular weight is 463 g/mol. The van der Waals surface area contributed by atoms with Gasteiger partial charge in [-0.25, -0.2) is 17.9 Å². The maximum atomic E-state index is 12.8. The van der Waals surface area contributed by atoms with Crippen molar-refractivity contribution in [1.29, 1.82) is 0 Å². The molecule has 174 valence electrons. The highest BCUT2D eigenvalue weighted by Gasteiger charge is 2.28. The van der Waals surface area contributed by atoms with Gasteiger partial charge in [-0.05, 0) is 63.8 Å². The number of hydrogen-bond donors (Lipinski definition) is 1. The predicted molar refractivity (Wildman–Crippen MR) is 120 cm³/mol. The Labute approximate surface area is 188 Å². The van der Waals surface area contributed by atoms with Crippen LogP contribution < -0.4 is 5.32 Å². The number of sulfonamides is 1. The molecule has 9 nitrogen and oxygen atoms in total. The van der Waals surface area contributed by atoms with Crippen molar-refractivity contribution in [2.75, 3.05) is 18.4 Å². The summed E-state index contributed by atoms with van der Waals surface area (Å²) in [6.07, 6.45) is 2.20. The lowest BCUT2D eigenvalue weighted by atomic mass is 10.0. The number of piperidine rings is 1. The van der Waals surface area contributed by atoms with E-state index in [0.29, 0.717) is 24.8 Å². The van der Waals surface area contributed by atoms with Crippen LogP contribution in [0.3, 0.4) is 0 Å². The maximum Gasteiger partial charge on any atom is 0.338 e. The van der Waals surface area contributed by atoms with Crippen molar-refractivity contribution in [3.8, 4) is 0 Å². The zero-order valence-electron chi connectivity index (χ0n) is 18.8. The molecule has 1 fully saturated rings. The Bertz CT molecular complexity index is 1050. The number of rotatable bonds is 7. The standard InChI is InChI=1S/C22H30N4O5S/c1-15(2)26-20(9-12-23-26)24-21(27)17(4)31-22(28)18-5-7-19(8-6-18)32(29,30)25-13-10-16(3)11-14-25/h5-9,12,15-17H,10-11,13-14H2,1-4H3,(H,24,27). The third kappa shape index (κ3) is 5.36. The molecule has 0 aliphatic carbocycles. The van der Waals surface area contributed by atoms with Gasteiger partial charge >= 0.3 is 5.97 Å². The molecule has 0 saturated carbocycles. The van der Waals surface area contributed by atoms with Gasteiger partial charge in [-0.1, -0.05) is 6.92 Å². The Morgan fingerprint density at radius 2 is 1.72 bits per heavy atom. The second kappa shape index (κ2) is 9.83. The van der Waals surface area contributed by atoms with E-state index in [1.54, 1.807) is 16.9 Å². The van der Waals surface area contributed by atoms with Gasteiger partial charge in [0.1, 0.15) is 5.82 Å². The van der Waals surface area contributed by atoms with E-state index in [4.69, 9.17) is 4.74 Å². The van der Waals surface area contributed by atoms with E-state index >= 15 is 0 Å². The molecule has 1 aromatic heterocycles. The SMILES string of the molecule is CC1CCN(S(=O)(=O)c2ccc(C(=O)OC(C)C(=O)Nc3ccnn3C(C)C)cc2)CC1. The highest BCUT2D eigenvalue weighted by atomic mass is 32.2. The van der Waals surface area contributed by atoms with Gasteiger partial charge in [0.05, 0.1) is 16.7 Å². The quantitative estimate of drug-likeness (QED) is 0.633. The molecule has 0 spiro atoms. The number of benzene rings is 1. The molecule has 1 aliphatic rings. The first kappa shape index (κ1) is 23.9. The lowest BCUT2D eigenvalue weighted by Crippen LogP contribution is -2.37. The molecular formula is C22H30N4O5S. The summed E-state index contributed by atoms with van der Waals surface area (Å²) in [7, 11) is -3.60. The number of hydrogen-bond acceptors (Lipinski definition) is 6. The molecule has 0 radical (unpaired) electrons. The third-order valence-electron chi connectivity index (χ3n) is 5.53. The van der Waals surface area contributed by atoms with Crippen LogP contribution in [0.4, 0.5) is 5.82 Å². The van der Waals surface area contributed by atoms with Gasteiger partial charge in [0.2, 0.25) is 10.0 Å². The number of amides is 1. The van der Waals surface area contributed by atoms with Crippen LogP contribution in [0.1, 0.15) is 56.9 Å². The second-order valence-electron chi connectivity index (χ2n) is 8.40. The van der Waals surface area contributed by atoms with E-state index in [2.05, 4.69) is 17.3 Å². The molecule has 1 N–H and O–H groups in total. The van der Waals surface area contributed by atoms with Crippen molar-refractivity contribution >= 4 is 27.7 Å². The van der Waals surface area contributed by atoms with Crippen LogP contribution in [0.2, 0.25) is 0 Å².